The van der Waals surface area contributed by atoms with Gasteiger partial charge in [-0.05, 0) is 24.1 Å². The van der Waals surface area contributed by atoms with Crippen LogP contribution in [-0.2, 0) is 16.3 Å². The molecule has 0 amide bonds. The molecule has 1 aliphatic rings. The van der Waals surface area contributed by atoms with Gasteiger partial charge in [0.25, 0.3) is 0 Å². The summed E-state index contributed by atoms with van der Waals surface area (Å²) in [6.07, 6.45) is 0.624. The van der Waals surface area contributed by atoms with Gasteiger partial charge < -0.3 is 0 Å². The molecule has 2 rings (SSSR count). The molecule has 0 saturated heterocycles. The van der Waals surface area contributed by atoms with Crippen LogP contribution in [0.25, 0.3) is 0 Å². The first-order valence-corrected chi connectivity index (χ1v) is 5.08. The molecule has 1 aromatic rings. The van der Waals surface area contributed by atoms with E-state index in [-0.39, 0.29) is 5.75 Å². The number of sulfone groups is 1. The predicted molar refractivity (Wildman–Crippen MR) is 41.0 cm³/mol. The van der Waals surface area contributed by atoms with E-state index < -0.39 is 9.84 Å². The van der Waals surface area contributed by atoms with Gasteiger partial charge in [0.1, 0.15) is 0 Å². The summed E-state index contributed by atoms with van der Waals surface area (Å²) in [5.74, 6) is 0.253. The van der Waals surface area contributed by atoms with Crippen LogP contribution in [0.3, 0.4) is 0 Å². The number of fused-ring (bicyclic) bond motifs is 1. The average molecular weight is 167 g/mol. The molecule has 1 aromatic carbocycles. The number of aryl methyl sites for hydroxylation is 1. The molecule has 1 heterocycles. The maximum atomic E-state index is 11.2. The third-order valence-corrected chi connectivity index (χ3v) is 3.65. The van der Waals surface area contributed by atoms with Gasteiger partial charge in [0.05, 0.1) is 10.6 Å². The van der Waals surface area contributed by atoms with Crippen LogP contribution in [0, 0.1) is 6.07 Å². The van der Waals surface area contributed by atoms with E-state index in [9.17, 15) is 8.42 Å². The highest BCUT2D eigenvalue weighted by Gasteiger charge is 2.24. The molecule has 11 heavy (non-hydrogen) atoms. The van der Waals surface area contributed by atoms with Crippen LogP contribution in [0.4, 0.5) is 0 Å². The number of hydrogen-bond donors (Lipinski definition) is 0. The van der Waals surface area contributed by atoms with Gasteiger partial charge in [0.2, 0.25) is 0 Å². The fourth-order valence-corrected chi connectivity index (χ4v) is 2.80. The summed E-state index contributed by atoms with van der Waals surface area (Å²) >= 11 is 0. The summed E-state index contributed by atoms with van der Waals surface area (Å²) < 4.78 is 22.5. The quantitative estimate of drug-likeness (QED) is 0.573. The van der Waals surface area contributed by atoms with Crippen molar-refractivity contribution in [3.8, 4) is 0 Å². The second-order valence-electron chi connectivity index (χ2n) is 2.58. The lowest BCUT2D eigenvalue weighted by molar-refractivity contribution is 0.600. The molecule has 1 radical (unpaired) electrons. The topological polar surface area (TPSA) is 34.1 Å². The fraction of sp³-hybridized carbons (Fsp3) is 0.250. The van der Waals surface area contributed by atoms with Gasteiger partial charge >= 0.3 is 0 Å². The highest BCUT2D eigenvalue weighted by Crippen LogP contribution is 2.24. The Hall–Kier alpha value is -0.830. The molecule has 0 saturated carbocycles. The molecular weight excluding hydrogens is 160 g/mol. The number of hydrogen-bond acceptors (Lipinski definition) is 2. The maximum absolute atomic E-state index is 11.2. The molecule has 0 aliphatic carbocycles. The Bertz CT molecular complexity index is 379. The average Bonchev–Trinajstić information content (AvgIpc) is 2.29. The van der Waals surface area contributed by atoms with Crippen molar-refractivity contribution in [3.63, 3.8) is 0 Å². The minimum atomic E-state index is -2.94. The molecular formula is C8H7O2S. The lowest BCUT2D eigenvalue weighted by Gasteiger charge is -1.93. The molecule has 3 heteroatoms. The molecule has 0 aromatic heterocycles. The number of benzene rings is 1. The summed E-state index contributed by atoms with van der Waals surface area (Å²) in [7, 11) is -2.94. The van der Waals surface area contributed by atoms with E-state index in [4.69, 9.17) is 0 Å². The van der Waals surface area contributed by atoms with Crippen molar-refractivity contribution in [2.24, 2.45) is 0 Å². The molecule has 0 unspecified atom stereocenters. The van der Waals surface area contributed by atoms with Crippen molar-refractivity contribution in [1.82, 2.24) is 0 Å². The Kier molecular flexibility index (Phi) is 1.29. The van der Waals surface area contributed by atoms with Crippen molar-refractivity contribution in [2.75, 3.05) is 5.75 Å². The molecule has 0 spiro atoms. The van der Waals surface area contributed by atoms with Gasteiger partial charge in [0.15, 0.2) is 9.84 Å². The molecule has 1 aliphatic heterocycles. The van der Waals surface area contributed by atoms with Gasteiger partial charge in [-0.2, -0.15) is 0 Å². The summed E-state index contributed by atoms with van der Waals surface area (Å²) in [6.45, 7) is 0. The maximum Gasteiger partial charge on any atom is 0.178 e. The Balaban J connectivity index is 2.75. The zero-order chi connectivity index (χ0) is 7.90. The second-order valence-corrected chi connectivity index (χ2v) is 4.66. The Labute approximate surface area is 65.8 Å². The van der Waals surface area contributed by atoms with Crippen LogP contribution in [0.1, 0.15) is 5.56 Å². The number of rotatable bonds is 0. The third-order valence-electron chi connectivity index (χ3n) is 1.85. The molecule has 57 valence electrons. The van der Waals surface area contributed by atoms with Gasteiger partial charge in [0, 0.05) is 0 Å². The highest BCUT2D eigenvalue weighted by molar-refractivity contribution is 7.91. The first-order valence-electron chi connectivity index (χ1n) is 3.42. The van der Waals surface area contributed by atoms with Crippen LogP contribution in [0.2, 0.25) is 0 Å². The fourth-order valence-electron chi connectivity index (χ4n) is 1.29. The standard InChI is InChI=1S/C8H7O2S/c9-11(10)6-5-7-3-1-2-4-8(7)11/h1-2,4H,5-6H2. The van der Waals surface area contributed by atoms with Crippen molar-refractivity contribution < 1.29 is 8.42 Å². The van der Waals surface area contributed by atoms with E-state index >= 15 is 0 Å². The lowest BCUT2D eigenvalue weighted by Crippen LogP contribution is -1.97. The molecule has 2 nitrogen and oxygen atoms in total. The van der Waals surface area contributed by atoms with Crippen molar-refractivity contribution in [3.05, 3.63) is 29.8 Å². The monoisotopic (exact) mass is 167 g/mol. The summed E-state index contributed by atoms with van der Waals surface area (Å²) in [5.41, 5.74) is 0.840. The lowest BCUT2D eigenvalue weighted by atomic mass is 10.2. The van der Waals surface area contributed by atoms with E-state index in [0.29, 0.717) is 11.3 Å². The van der Waals surface area contributed by atoms with E-state index in [1.165, 1.54) is 0 Å². The predicted octanol–water partition coefficient (Wildman–Crippen LogP) is 0.817. The summed E-state index contributed by atoms with van der Waals surface area (Å²) in [6, 6.07) is 8.03. The van der Waals surface area contributed by atoms with Crippen molar-refractivity contribution in [1.29, 1.82) is 0 Å². The van der Waals surface area contributed by atoms with Crippen LogP contribution < -0.4 is 0 Å². The van der Waals surface area contributed by atoms with Crippen LogP contribution in [0.15, 0.2) is 23.1 Å². The van der Waals surface area contributed by atoms with E-state index in [2.05, 4.69) is 6.07 Å². The van der Waals surface area contributed by atoms with Crippen LogP contribution >= 0.6 is 0 Å². The summed E-state index contributed by atoms with van der Waals surface area (Å²) in [4.78, 5) is 0.472. The Morgan fingerprint density at radius 3 is 3.00 bits per heavy atom. The third kappa shape index (κ3) is 0.959. The highest BCUT2D eigenvalue weighted by atomic mass is 32.2. The SMILES string of the molecule is O=S1(=O)CCc2[c]cccc21. The van der Waals surface area contributed by atoms with E-state index in [1.807, 2.05) is 0 Å². The first kappa shape index (κ1) is 6.85. The first-order chi connectivity index (χ1) is 5.20. The van der Waals surface area contributed by atoms with E-state index in [0.717, 1.165) is 5.56 Å². The Morgan fingerprint density at radius 1 is 1.45 bits per heavy atom. The van der Waals surface area contributed by atoms with Crippen molar-refractivity contribution >= 4 is 9.84 Å². The smallest absolute Gasteiger partial charge is 0.178 e. The van der Waals surface area contributed by atoms with Gasteiger partial charge in [-0.1, -0.05) is 12.1 Å². The van der Waals surface area contributed by atoms with E-state index in [1.54, 1.807) is 18.2 Å². The van der Waals surface area contributed by atoms with Crippen molar-refractivity contribution in [2.45, 2.75) is 11.3 Å². The molecule has 0 bridgehead atoms. The van der Waals surface area contributed by atoms with Gasteiger partial charge in [-0.15, -0.1) is 0 Å². The largest absolute Gasteiger partial charge is 0.224 e. The van der Waals surface area contributed by atoms with Gasteiger partial charge in [-0.25, -0.2) is 8.42 Å². The molecule has 0 N–H and O–H groups in total. The minimum absolute atomic E-state index is 0.253. The van der Waals surface area contributed by atoms with Gasteiger partial charge in [-0.3, -0.25) is 0 Å². The molecule has 0 fully saturated rings. The molecule has 0 atom stereocenters. The summed E-state index contributed by atoms with van der Waals surface area (Å²) in [5, 5.41) is 0. The minimum Gasteiger partial charge on any atom is -0.224 e. The zero-order valence-corrected chi connectivity index (χ0v) is 6.69. The van der Waals surface area contributed by atoms with Crippen LogP contribution in [-0.4, -0.2) is 14.2 Å². The Morgan fingerprint density at radius 2 is 2.27 bits per heavy atom. The normalized spacial score (nSPS) is 19.6. The van der Waals surface area contributed by atoms with Crippen LogP contribution in [0.5, 0.6) is 0 Å². The second kappa shape index (κ2) is 2.08. The zero-order valence-electron chi connectivity index (χ0n) is 5.87.